The third kappa shape index (κ3) is 3.73. The van der Waals surface area contributed by atoms with Crippen molar-refractivity contribution in [2.75, 3.05) is 6.61 Å². The van der Waals surface area contributed by atoms with E-state index >= 15 is 0 Å². The predicted molar refractivity (Wildman–Crippen MR) is 90.7 cm³/mol. The lowest BCUT2D eigenvalue weighted by Gasteiger charge is -2.15. The third-order valence-corrected chi connectivity index (χ3v) is 3.80. The van der Waals surface area contributed by atoms with E-state index < -0.39 is 6.10 Å². The molecule has 118 valence electrons. The second-order valence-electron chi connectivity index (χ2n) is 5.33. The molecule has 4 nitrogen and oxygen atoms in total. The lowest BCUT2D eigenvalue weighted by atomic mass is 10.1. The summed E-state index contributed by atoms with van der Waals surface area (Å²) in [6, 6.07) is 17.0. The Hall–Kier alpha value is -2.30. The molecule has 3 aromatic rings. The van der Waals surface area contributed by atoms with Crippen molar-refractivity contribution >= 4 is 22.4 Å². The normalized spacial score (nSPS) is 12.3. The number of pyridine rings is 1. The van der Waals surface area contributed by atoms with Gasteiger partial charge in [-0.25, -0.2) is 0 Å². The first kappa shape index (κ1) is 15.6. The van der Waals surface area contributed by atoms with Crippen LogP contribution in [0.2, 0.25) is 5.02 Å². The van der Waals surface area contributed by atoms with Crippen molar-refractivity contribution in [1.29, 1.82) is 5.41 Å². The first-order valence-electron chi connectivity index (χ1n) is 7.33. The topological polar surface area (TPSA) is 58.2 Å². The van der Waals surface area contributed by atoms with Crippen molar-refractivity contribution in [3.8, 4) is 5.75 Å². The van der Waals surface area contributed by atoms with Gasteiger partial charge in [0.25, 0.3) is 0 Å². The van der Waals surface area contributed by atoms with Gasteiger partial charge in [0.05, 0.1) is 11.6 Å². The van der Waals surface area contributed by atoms with Crippen LogP contribution in [0.3, 0.4) is 0 Å². The zero-order valence-electron chi connectivity index (χ0n) is 12.4. The van der Waals surface area contributed by atoms with Crippen molar-refractivity contribution < 1.29 is 9.84 Å². The van der Waals surface area contributed by atoms with E-state index in [9.17, 15) is 5.11 Å². The molecule has 0 saturated heterocycles. The van der Waals surface area contributed by atoms with E-state index in [1.54, 1.807) is 22.9 Å². The Balaban J connectivity index is 1.70. The highest BCUT2D eigenvalue weighted by molar-refractivity contribution is 6.30. The number of aliphatic hydroxyl groups is 1. The zero-order valence-corrected chi connectivity index (χ0v) is 13.2. The lowest BCUT2D eigenvalue weighted by molar-refractivity contribution is 0.0920. The summed E-state index contributed by atoms with van der Waals surface area (Å²) in [5, 5.41) is 20.6. The van der Waals surface area contributed by atoms with Gasteiger partial charge in [-0.1, -0.05) is 48.0 Å². The van der Waals surface area contributed by atoms with Crippen LogP contribution in [-0.2, 0) is 6.54 Å². The Morgan fingerprint density at radius 3 is 2.74 bits per heavy atom. The second kappa shape index (κ2) is 6.86. The molecule has 0 aliphatic rings. The van der Waals surface area contributed by atoms with E-state index in [2.05, 4.69) is 0 Å². The van der Waals surface area contributed by atoms with Gasteiger partial charge in [0.15, 0.2) is 0 Å². The van der Waals surface area contributed by atoms with Gasteiger partial charge in [-0.3, -0.25) is 5.41 Å². The fourth-order valence-electron chi connectivity index (χ4n) is 2.45. The molecule has 2 N–H and O–H groups in total. The van der Waals surface area contributed by atoms with E-state index in [4.69, 9.17) is 21.7 Å². The average Bonchev–Trinajstić information content (AvgIpc) is 2.56. The summed E-state index contributed by atoms with van der Waals surface area (Å²) < 4.78 is 7.36. The van der Waals surface area contributed by atoms with E-state index in [1.807, 2.05) is 42.5 Å². The van der Waals surface area contributed by atoms with Crippen LogP contribution in [0.4, 0.5) is 0 Å². The Kier molecular flexibility index (Phi) is 4.65. The van der Waals surface area contributed by atoms with Crippen LogP contribution in [0, 0.1) is 5.41 Å². The number of nitrogens with zero attached hydrogens (tertiary/aromatic N) is 1. The Morgan fingerprint density at radius 1 is 1.09 bits per heavy atom. The number of benzene rings is 2. The molecule has 1 heterocycles. The summed E-state index contributed by atoms with van der Waals surface area (Å²) in [7, 11) is 0. The summed E-state index contributed by atoms with van der Waals surface area (Å²) in [5.41, 5.74) is 0.290. The molecule has 0 bridgehead atoms. The second-order valence-corrected chi connectivity index (χ2v) is 5.76. The van der Waals surface area contributed by atoms with Crippen molar-refractivity contribution in [1.82, 2.24) is 4.57 Å². The van der Waals surface area contributed by atoms with Crippen molar-refractivity contribution in [2.45, 2.75) is 12.6 Å². The molecule has 0 amide bonds. The van der Waals surface area contributed by atoms with Gasteiger partial charge in [-0.05, 0) is 23.6 Å². The van der Waals surface area contributed by atoms with Crippen LogP contribution in [0.15, 0.2) is 60.8 Å². The first-order chi connectivity index (χ1) is 11.1. The van der Waals surface area contributed by atoms with Gasteiger partial charge in [-0.2, -0.15) is 0 Å². The van der Waals surface area contributed by atoms with Crippen LogP contribution < -0.4 is 10.2 Å². The maximum atomic E-state index is 10.2. The molecule has 1 atom stereocenters. The maximum absolute atomic E-state index is 10.2. The van der Waals surface area contributed by atoms with Crippen LogP contribution in [0.1, 0.15) is 0 Å². The smallest absolute Gasteiger partial charge is 0.127 e. The Labute approximate surface area is 139 Å². The minimum absolute atomic E-state index is 0.146. The zero-order chi connectivity index (χ0) is 16.2. The minimum atomic E-state index is -0.735. The van der Waals surface area contributed by atoms with Crippen molar-refractivity contribution in [3.63, 3.8) is 0 Å². The fraction of sp³-hybridized carbons (Fsp3) is 0.167. The Morgan fingerprint density at radius 2 is 1.87 bits per heavy atom. The van der Waals surface area contributed by atoms with Gasteiger partial charge in [0.2, 0.25) is 0 Å². The van der Waals surface area contributed by atoms with E-state index in [0.717, 1.165) is 16.5 Å². The molecule has 2 aromatic carbocycles. The molecule has 0 aliphatic carbocycles. The summed E-state index contributed by atoms with van der Waals surface area (Å²) in [5.74, 6) is 0.740. The lowest BCUT2D eigenvalue weighted by Crippen LogP contribution is -2.29. The highest BCUT2D eigenvalue weighted by Gasteiger charge is 2.09. The number of hydrogen-bond donors (Lipinski definition) is 2. The van der Waals surface area contributed by atoms with Crippen LogP contribution in [0.5, 0.6) is 5.75 Å². The molecule has 0 radical (unpaired) electrons. The summed E-state index contributed by atoms with van der Waals surface area (Å²) in [4.78, 5) is 0. The van der Waals surface area contributed by atoms with Crippen molar-refractivity contribution in [2.24, 2.45) is 0 Å². The average molecular weight is 329 g/mol. The molecule has 0 saturated carbocycles. The number of halogens is 1. The standard InChI is InChI=1S/C18H17ClN2O2/c19-14-8-9-18(20)21(10-14)11-15(22)12-23-17-7-3-5-13-4-1-2-6-16(13)17/h1-10,15,20,22H,11-12H2. The maximum Gasteiger partial charge on any atom is 0.127 e. The number of aromatic nitrogens is 1. The predicted octanol–water partition coefficient (Wildman–Crippen LogP) is 3.21. The Bertz CT molecular complexity index is 871. The van der Waals surface area contributed by atoms with E-state index in [1.165, 1.54) is 0 Å². The highest BCUT2D eigenvalue weighted by Crippen LogP contribution is 2.25. The molecule has 23 heavy (non-hydrogen) atoms. The summed E-state index contributed by atoms with van der Waals surface area (Å²) >= 11 is 5.92. The van der Waals surface area contributed by atoms with Gasteiger partial charge in [-0.15, -0.1) is 0 Å². The van der Waals surface area contributed by atoms with Crippen molar-refractivity contribution in [3.05, 3.63) is 71.3 Å². The highest BCUT2D eigenvalue weighted by atomic mass is 35.5. The number of aliphatic hydroxyl groups excluding tert-OH is 1. The quantitative estimate of drug-likeness (QED) is 0.755. The SMILES string of the molecule is N=c1ccc(Cl)cn1CC(O)COc1cccc2ccccc12. The largest absolute Gasteiger partial charge is 0.490 e. The molecule has 0 aliphatic heterocycles. The molecule has 3 rings (SSSR count). The number of hydrogen-bond acceptors (Lipinski definition) is 3. The number of rotatable bonds is 5. The van der Waals surface area contributed by atoms with Crippen LogP contribution in [-0.4, -0.2) is 22.4 Å². The van der Waals surface area contributed by atoms with Gasteiger partial charge in [0.1, 0.15) is 23.9 Å². The van der Waals surface area contributed by atoms with Crippen LogP contribution in [0.25, 0.3) is 10.8 Å². The van der Waals surface area contributed by atoms with E-state index in [0.29, 0.717) is 10.5 Å². The number of nitrogens with one attached hydrogen (secondary N) is 1. The first-order valence-corrected chi connectivity index (χ1v) is 7.70. The minimum Gasteiger partial charge on any atom is -0.490 e. The van der Waals surface area contributed by atoms with Gasteiger partial charge >= 0.3 is 0 Å². The van der Waals surface area contributed by atoms with E-state index in [-0.39, 0.29) is 13.2 Å². The summed E-state index contributed by atoms with van der Waals surface area (Å²) in [6.45, 7) is 0.400. The van der Waals surface area contributed by atoms with Gasteiger partial charge < -0.3 is 14.4 Å². The molecule has 1 aromatic heterocycles. The molecule has 5 heteroatoms. The molecular formula is C18H17ClN2O2. The third-order valence-electron chi connectivity index (χ3n) is 3.58. The molecule has 1 unspecified atom stereocenters. The molecule has 0 spiro atoms. The van der Waals surface area contributed by atoms with Crippen LogP contribution >= 0.6 is 11.6 Å². The summed E-state index contributed by atoms with van der Waals surface area (Å²) in [6.07, 6.45) is 0.895. The molecular weight excluding hydrogens is 312 g/mol. The fourth-order valence-corrected chi connectivity index (χ4v) is 2.63. The van der Waals surface area contributed by atoms with Gasteiger partial charge in [0, 0.05) is 11.6 Å². The molecule has 0 fully saturated rings. The number of fused-ring (bicyclic) bond motifs is 1. The monoisotopic (exact) mass is 328 g/mol. The number of ether oxygens (including phenoxy) is 1.